The molecule has 0 aliphatic rings. The van der Waals surface area contributed by atoms with Crippen LogP contribution >= 0.6 is 15.9 Å². The second-order valence-corrected chi connectivity index (χ2v) is 4.01. The topological polar surface area (TPSA) is 43.4 Å². The molecule has 0 aliphatic carbocycles. The van der Waals surface area contributed by atoms with Crippen LogP contribution in [0.1, 0.15) is 39.5 Å². The van der Waals surface area contributed by atoms with Crippen LogP contribution in [0.4, 0.5) is 0 Å². The smallest absolute Gasteiger partial charge is 0.341 e. The van der Waals surface area contributed by atoms with Gasteiger partial charge >= 0.3 is 5.97 Å². The summed E-state index contributed by atoms with van der Waals surface area (Å²) in [6, 6.07) is 0. The molecule has 92 valence electrons. The van der Waals surface area contributed by atoms with Crippen molar-refractivity contribution in [3.05, 3.63) is 11.6 Å². The molecule has 0 heterocycles. The molecule has 0 aromatic heterocycles. The van der Waals surface area contributed by atoms with Crippen LogP contribution in [0.3, 0.4) is 0 Å². The number of allylic oxidation sites excluding steroid dienone is 1. The van der Waals surface area contributed by atoms with Crippen molar-refractivity contribution < 1.29 is 14.3 Å². The number of ketones is 1. The fourth-order valence-corrected chi connectivity index (χ4v) is 1.36. The number of unbranched alkanes of at least 4 members (excludes halogenated alkanes) is 2. The third-order valence-corrected chi connectivity index (χ3v) is 2.52. The Kier molecular flexibility index (Phi) is 9.19. The highest BCUT2D eigenvalue weighted by Crippen LogP contribution is 2.06. The molecule has 0 aliphatic heterocycles. The monoisotopic (exact) mass is 290 g/mol. The Balaban J connectivity index is 4.39. The van der Waals surface area contributed by atoms with Crippen LogP contribution in [0.25, 0.3) is 0 Å². The number of rotatable bonds is 8. The van der Waals surface area contributed by atoms with Crippen LogP contribution in [-0.4, -0.2) is 23.7 Å². The van der Waals surface area contributed by atoms with Gasteiger partial charge in [-0.15, -0.1) is 0 Å². The summed E-state index contributed by atoms with van der Waals surface area (Å²) in [6.45, 7) is 4.40. The number of hydrogen-bond donors (Lipinski definition) is 0. The van der Waals surface area contributed by atoms with Gasteiger partial charge in [0.05, 0.1) is 17.5 Å². The van der Waals surface area contributed by atoms with E-state index in [0.717, 1.165) is 25.7 Å². The molecule has 0 N–H and O–H groups in total. The molecule has 0 fully saturated rings. The Morgan fingerprint density at radius 1 is 1.25 bits per heavy atom. The summed E-state index contributed by atoms with van der Waals surface area (Å²) in [5.74, 6) is -0.707. The summed E-state index contributed by atoms with van der Waals surface area (Å²) >= 11 is 3.06. The van der Waals surface area contributed by atoms with Gasteiger partial charge in [0.25, 0.3) is 0 Å². The van der Waals surface area contributed by atoms with Crippen LogP contribution in [0.15, 0.2) is 11.6 Å². The number of hydrogen-bond acceptors (Lipinski definition) is 3. The molecule has 0 saturated heterocycles. The largest absolute Gasteiger partial charge is 0.462 e. The predicted molar refractivity (Wildman–Crippen MR) is 67.7 cm³/mol. The highest BCUT2D eigenvalue weighted by atomic mass is 79.9. The molecular weight excluding hydrogens is 272 g/mol. The van der Waals surface area contributed by atoms with Gasteiger partial charge in [-0.3, -0.25) is 4.79 Å². The van der Waals surface area contributed by atoms with E-state index in [2.05, 4.69) is 15.9 Å². The van der Waals surface area contributed by atoms with E-state index in [9.17, 15) is 9.59 Å². The summed E-state index contributed by atoms with van der Waals surface area (Å²) in [7, 11) is 0. The summed E-state index contributed by atoms with van der Waals surface area (Å²) in [4.78, 5) is 23.1. The van der Waals surface area contributed by atoms with Crippen molar-refractivity contribution in [2.75, 3.05) is 11.9 Å². The molecule has 0 amide bonds. The molecule has 0 atom stereocenters. The van der Waals surface area contributed by atoms with E-state index in [-0.39, 0.29) is 16.7 Å². The third-order valence-electron chi connectivity index (χ3n) is 2.01. The van der Waals surface area contributed by atoms with Crippen molar-refractivity contribution in [3.63, 3.8) is 0 Å². The second kappa shape index (κ2) is 9.58. The first-order valence-corrected chi connectivity index (χ1v) is 6.75. The Hall–Kier alpha value is -0.640. The Labute approximate surface area is 105 Å². The first-order chi connectivity index (χ1) is 7.67. The molecule has 0 unspecified atom stereocenters. The normalized spacial score (nSPS) is 11.3. The van der Waals surface area contributed by atoms with E-state index in [1.54, 1.807) is 6.08 Å². The molecule has 0 aromatic rings. The highest BCUT2D eigenvalue weighted by Gasteiger charge is 2.17. The number of esters is 1. The lowest BCUT2D eigenvalue weighted by Crippen LogP contribution is -2.17. The fourth-order valence-electron chi connectivity index (χ4n) is 1.06. The van der Waals surface area contributed by atoms with Crippen molar-refractivity contribution in [1.29, 1.82) is 0 Å². The number of ether oxygens (including phenoxy) is 1. The van der Waals surface area contributed by atoms with Gasteiger partial charge in [0, 0.05) is 0 Å². The summed E-state index contributed by atoms with van der Waals surface area (Å²) in [5, 5.41) is 0.158. The zero-order valence-corrected chi connectivity index (χ0v) is 11.5. The van der Waals surface area contributed by atoms with Crippen molar-refractivity contribution in [1.82, 2.24) is 0 Å². The first kappa shape index (κ1) is 15.4. The van der Waals surface area contributed by atoms with E-state index in [1.165, 1.54) is 0 Å². The molecule has 4 heteroatoms. The molecular formula is C12H19BrO3. The van der Waals surface area contributed by atoms with Gasteiger partial charge in [-0.25, -0.2) is 4.79 Å². The number of carbonyl (C=O) groups excluding carboxylic acids is 2. The highest BCUT2D eigenvalue weighted by molar-refractivity contribution is 9.09. The zero-order chi connectivity index (χ0) is 12.4. The minimum absolute atomic E-state index is 0.158. The minimum Gasteiger partial charge on any atom is -0.462 e. The van der Waals surface area contributed by atoms with Crippen LogP contribution in [-0.2, 0) is 14.3 Å². The SMILES string of the molecule is CCCC=C(C(=O)CBr)C(=O)OCCCC. The van der Waals surface area contributed by atoms with Gasteiger partial charge in [0.15, 0.2) is 5.78 Å². The Morgan fingerprint density at radius 2 is 1.94 bits per heavy atom. The number of alkyl halides is 1. The van der Waals surface area contributed by atoms with Gasteiger partial charge in [0.1, 0.15) is 0 Å². The zero-order valence-electron chi connectivity index (χ0n) is 9.92. The summed E-state index contributed by atoms with van der Waals surface area (Å²) in [6.07, 6.45) is 5.08. The van der Waals surface area contributed by atoms with Crippen molar-refractivity contribution in [2.45, 2.75) is 39.5 Å². The van der Waals surface area contributed by atoms with E-state index >= 15 is 0 Å². The number of carbonyl (C=O) groups is 2. The van der Waals surface area contributed by atoms with Gasteiger partial charge in [-0.1, -0.05) is 48.7 Å². The lowest BCUT2D eigenvalue weighted by Gasteiger charge is -2.05. The minimum atomic E-state index is -0.494. The summed E-state index contributed by atoms with van der Waals surface area (Å²) in [5.41, 5.74) is 0.176. The molecule has 0 saturated carbocycles. The van der Waals surface area contributed by atoms with Crippen LogP contribution in [0.5, 0.6) is 0 Å². The molecule has 0 radical (unpaired) electrons. The van der Waals surface area contributed by atoms with Crippen LogP contribution in [0, 0.1) is 0 Å². The fraction of sp³-hybridized carbons (Fsp3) is 0.667. The maximum Gasteiger partial charge on any atom is 0.341 e. The van der Waals surface area contributed by atoms with E-state index in [4.69, 9.17) is 4.74 Å². The lowest BCUT2D eigenvalue weighted by atomic mass is 10.1. The third kappa shape index (κ3) is 6.05. The van der Waals surface area contributed by atoms with E-state index in [0.29, 0.717) is 6.61 Å². The predicted octanol–water partition coefficient (Wildman–Crippen LogP) is 3.02. The maximum absolute atomic E-state index is 11.6. The second-order valence-electron chi connectivity index (χ2n) is 3.45. The van der Waals surface area contributed by atoms with Crippen LogP contribution in [0.2, 0.25) is 0 Å². The Bertz CT molecular complexity index is 259. The number of Topliss-reactive ketones (excluding diaryl/α,β-unsaturated/α-hetero) is 1. The number of halogens is 1. The lowest BCUT2D eigenvalue weighted by molar-refractivity contribution is -0.140. The first-order valence-electron chi connectivity index (χ1n) is 5.63. The van der Waals surface area contributed by atoms with Gasteiger partial charge in [0.2, 0.25) is 0 Å². The van der Waals surface area contributed by atoms with Crippen molar-refractivity contribution >= 4 is 27.7 Å². The maximum atomic E-state index is 11.6. The van der Waals surface area contributed by atoms with Crippen LogP contribution < -0.4 is 0 Å². The van der Waals surface area contributed by atoms with Gasteiger partial charge < -0.3 is 4.74 Å². The standard InChI is InChI=1S/C12H19BrO3/c1-3-5-7-10(11(14)9-13)12(15)16-8-6-4-2/h7H,3-6,8-9H2,1-2H3. The van der Waals surface area contributed by atoms with E-state index in [1.807, 2.05) is 13.8 Å². The molecule has 0 rings (SSSR count). The van der Waals surface area contributed by atoms with Crippen molar-refractivity contribution in [3.8, 4) is 0 Å². The molecule has 16 heavy (non-hydrogen) atoms. The molecule has 0 aromatic carbocycles. The molecule has 0 bridgehead atoms. The van der Waals surface area contributed by atoms with Gasteiger partial charge in [-0.05, 0) is 12.8 Å². The Morgan fingerprint density at radius 3 is 2.44 bits per heavy atom. The molecule has 3 nitrogen and oxygen atoms in total. The average Bonchev–Trinajstić information content (AvgIpc) is 2.29. The quantitative estimate of drug-likeness (QED) is 0.172. The van der Waals surface area contributed by atoms with Gasteiger partial charge in [-0.2, -0.15) is 0 Å². The average molecular weight is 291 g/mol. The molecule has 0 spiro atoms. The van der Waals surface area contributed by atoms with E-state index < -0.39 is 5.97 Å². The summed E-state index contributed by atoms with van der Waals surface area (Å²) < 4.78 is 5.02. The van der Waals surface area contributed by atoms with Crippen molar-refractivity contribution in [2.24, 2.45) is 0 Å².